The maximum atomic E-state index is 13.2. The van der Waals surface area contributed by atoms with Gasteiger partial charge in [0.25, 0.3) is 0 Å². The number of piperazine rings is 1. The maximum absolute atomic E-state index is 13.2. The van der Waals surface area contributed by atoms with Crippen molar-refractivity contribution in [3.05, 3.63) is 48.3 Å². The molecule has 1 heterocycles. The summed E-state index contributed by atoms with van der Waals surface area (Å²) >= 11 is 5.30. The van der Waals surface area contributed by atoms with Crippen molar-refractivity contribution in [2.24, 2.45) is 0 Å². The number of thiocarbonyl (C=S) groups is 1. The van der Waals surface area contributed by atoms with Crippen molar-refractivity contribution < 1.29 is 4.39 Å². The van der Waals surface area contributed by atoms with Crippen LogP contribution in [0.15, 0.2) is 36.9 Å². The molecule has 1 aliphatic rings. The normalized spacial score (nSPS) is 17.1. The van der Waals surface area contributed by atoms with Crippen molar-refractivity contribution in [3.8, 4) is 0 Å². The zero-order valence-corrected chi connectivity index (χ0v) is 13.9. The molecule has 1 N–H and O–H groups in total. The summed E-state index contributed by atoms with van der Waals surface area (Å²) in [7, 11) is 1.86. The lowest BCUT2D eigenvalue weighted by molar-refractivity contribution is 0.126. The van der Waals surface area contributed by atoms with Crippen molar-refractivity contribution in [1.29, 1.82) is 0 Å². The smallest absolute Gasteiger partial charge is 0.168 e. The first-order valence-electron chi connectivity index (χ1n) is 7.72. The number of hydrogen-bond donors (Lipinski definition) is 1. The molecule has 5 heteroatoms. The summed E-state index contributed by atoms with van der Waals surface area (Å²) in [6.07, 6.45) is 3.91. The van der Waals surface area contributed by atoms with Crippen LogP contribution in [0, 0.1) is 5.82 Å². The topological polar surface area (TPSA) is 18.5 Å². The van der Waals surface area contributed by atoms with Crippen LogP contribution < -0.4 is 5.32 Å². The van der Waals surface area contributed by atoms with E-state index in [0.29, 0.717) is 6.04 Å². The highest BCUT2D eigenvalue weighted by Crippen LogP contribution is 2.27. The Balaban J connectivity index is 2.05. The molecule has 1 aromatic rings. The Morgan fingerprint density at radius 1 is 1.32 bits per heavy atom. The molecule has 1 aliphatic heterocycles. The monoisotopic (exact) mass is 321 g/mol. The van der Waals surface area contributed by atoms with Gasteiger partial charge in [-0.3, -0.25) is 4.90 Å². The molecular weight excluding hydrogens is 297 g/mol. The predicted octanol–water partition coefficient (Wildman–Crippen LogP) is 2.95. The van der Waals surface area contributed by atoms with Crippen molar-refractivity contribution in [2.45, 2.75) is 18.9 Å². The molecule has 0 radical (unpaired) electrons. The minimum Gasteiger partial charge on any atom is -0.366 e. The summed E-state index contributed by atoms with van der Waals surface area (Å²) in [4.78, 5) is 4.66. The van der Waals surface area contributed by atoms with E-state index in [0.717, 1.165) is 44.1 Å². The summed E-state index contributed by atoms with van der Waals surface area (Å²) < 4.78 is 13.2. The number of hydrogen-bond acceptors (Lipinski definition) is 2. The van der Waals surface area contributed by atoms with Gasteiger partial charge < -0.3 is 10.2 Å². The Kier molecular flexibility index (Phi) is 6.34. The first-order chi connectivity index (χ1) is 10.7. The minimum absolute atomic E-state index is 0.185. The minimum atomic E-state index is -0.185. The molecular formula is C17H24FN3S. The molecule has 0 saturated carbocycles. The average Bonchev–Trinajstić information content (AvgIpc) is 2.56. The van der Waals surface area contributed by atoms with Crippen molar-refractivity contribution in [2.75, 3.05) is 33.2 Å². The van der Waals surface area contributed by atoms with Gasteiger partial charge in [-0.05, 0) is 42.8 Å². The van der Waals surface area contributed by atoms with Crippen LogP contribution in [0.5, 0.6) is 0 Å². The van der Waals surface area contributed by atoms with Gasteiger partial charge in [-0.1, -0.05) is 18.2 Å². The van der Waals surface area contributed by atoms with Gasteiger partial charge in [0.1, 0.15) is 5.82 Å². The predicted molar refractivity (Wildman–Crippen MR) is 93.4 cm³/mol. The molecule has 1 unspecified atom stereocenters. The molecule has 1 aromatic carbocycles. The lowest BCUT2D eigenvalue weighted by atomic mass is 9.99. The lowest BCUT2D eigenvalue weighted by Crippen LogP contribution is -2.51. The van der Waals surface area contributed by atoms with E-state index < -0.39 is 0 Å². The summed E-state index contributed by atoms with van der Waals surface area (Å²) in [5, 5.41) is 3.84. The Labute approximate surface area is 137 Å². The highest BCUT2D eigenvalue weighted by atomic mass is 32.1. The number of nitrogens with one attached hydrogen (secondary N) is 1. The van der Waals surface area contributed by atoms with Crippen LogP contribution in [0.3, 0.4) is 0 Å². The van der Waals surface area contributed by atoms with E-state index in [-0.39, 0.29) is 5.82 Å². The molecule has 3 nitrogen and oxygen atoms in total. The quantitative estimate of drug-likeness (QED) is 0.663. The van der Waals surface area contributed by atoms with Crippen LogP contribution in [-0.2, 0) is 0 Å². The first-order valence-corrected chi connectivity index (χ1v) is 8.13. The van der Waals surface area contributed by atoms with Gasteiger partial charge in [-0.15, -0.1) is 6.58 Å². The number of allylic oxidation sites excluding steroid dienone is 1. The molecule has 1 atom stereocenters. The van der Waals surface area contributed by atoms with Crippen LogP contribution in [0.1, 0.15) is 24.4 Å². The fraction of sp³-hybridized carbons (Fsp3) is 0.471. The Morgan fingerprint density at radius 2 is 1.95 bits per heavy atom. The van der Waals surface area contributed by atoms with Crippen LogP contribution in [0.25, 0.3) is 0 Å². The highest BCUT2D eigenvalue weighted by Gasteiger charge is 2.25. The number of halogens is 1. The van der Waals surface area contributed by atoms with Crippen molar-refractivity contribution in [3.63, 3.8) is 0 Å². The van der Waals surface area contributed by atoms with Crippen LogP contribution in [0.4, 0.5) is 4.39 Å². The van der Waals surface area contributed by atoms with Gasteiger partial charge in [0.2, 0.25) is 0 Å². The molecule has 0 bridgehead atoms. The third kappa shape index (κ3) is 4.27. The third-order valence-corrected chi connectivity index (χ3v) is 4.62. The van der Waals surface area contributed by atoms with Gasteiger partial charge in [0.05, 0.1) is 0 Å². The van der Waals surface area contributed by atoms with Crippen molar-refractivity contribution in [1.82, 2.24) is 15.1 Å². The SMILES string of the molecule is C=CCCC(c1ccc(F)cc1)N1CCN(C(=S)NC)CC1. The van der Waals surface area contributed by atoms with Gasteiger partial charge in [0.15, 0.2) is 5.11 Å². The fourth-order valence-corrected chi connectivity index (χ4v) is 3.10. The molecule has 1 fully saturated rings. The molecule has 0 aromatic heterocycles. The van der Waals surface area contributed by atoms with E-state index in [1.807, 2.05) is 25.3 Å². The van der Waals surface area contributed by atoms with E-state index in [9.17, 15) is 4.39 Å². The van der Waals surface area contributed by atoms with Gasteiger partial charge in [-0.2, -0.15) is 0 Å². The van der Waals surface area contributed by atoms with E-state index in [1.165, 1.54) is 5.56 Å². The van der Waals surface area contributed by atoms with Crippen molar-refractivity contribution >= 4 is 17.3 Å². The van der Waals surface area contributed by atoms with Crippen LogP contribution in [0.2, 0.25) is 0 Å². The summed E-state index contributed by atoms with van der Waals surface area (Å²) in [5.74, 6) is -0.185. The molecule has 22 heavy (non-hydrogen) atoms. The molecule has 0 amide bonds. The summed E-state index contributed by atoms with van der Waals surface area (Å²) in [6, 6.07) is 7.19. The van der Waals surface area contributed by atoms with Gasteiger partial charge >= 0.3 is 0 Å². The molecule has 0 aliphatic carbocycles. The molecule has 0 spiro atoms. The second-order valence-corrected chi connectivity index (χ2v) is 5.90. The first kappa shape index (κ1) is 16.9. The average molecular weight is 321 g/mol. The highest BCUT2D eigenvalue weighted by molar-refractivity contribution is 7.80. The Morgan fingerprint density at radius 3 is 2.50 bits per heavy atom. The molecule has 1 saturated heterocycles. The molecule has 2 rings (SSSR count). The Bertz CT molecular complexity index is 495. The third-order valence-electron chi connectivity index (χ3n) is 4.16. The number of benzene rings is 1. The maximum Gasteiger partial charge on any atom is 0.168 e. The van der Waals surface area contributed by atoms with E-state index in [4.69, 9.17) is 12.2 Å². The second kappa shape index (κ2) is 8.25. The second-order valence-electron chi connectivity index (χ2n) is 5.51. The standard InChI is InChI=1S/C17H24FN3S/c1-3-4-5-16(14-6-8-15(18)9-7-14)20-10-12-21(13-11-20)17(22)19-2/h3,6-9,16H,1,4-5,10-13H2,2H3,(H,19,22). The van der Waals surface area contributed by atoms with E-state index in [1.54, 1.807) is 12.1 Å². The summed E-state index contributed by atoms with van der Waals surface area (Å²) in [6.45, 7) is 7.58. The zero-order valence-electron chi connectivity index (χ0n) is 13.1. The number of nitrogens with zero attached hydrogens (tertiary/aromatic N) is 2. The van der Waals surface area contributed by atoms with Gasteiger partial charge in [-0.25, -0.2) is 4.39 Å². The fourth-order valence-electron chi connectivity index (χ4n) is 2.92. The number of rotatable bonds is 5. The van der Waals surface area contributed by atoms with E-state index in [2.05, 4.69) is 21.7 Å². The molecule has 120 valence electrons. The lowest BCUT2D eigenvalue weighted by Gasteiger charge is -2.40. The Hall–Kier alpha value is -1.46. The van der Waals surface area contributed by atoms with Crippen LogP contribution >= 0.6 is 12.2 Å². The van der Waals surface area contributed by atoms with E-state index >= 15 is 0 Å². The summed E-state index contributed by atoms with van der Waals surface area (Å²) in [5.41, 5.74) is 1.17. The van der Waals surface area contributed by atoms with Crippen LogP contribution in [-0.4, -0.2) is 48.1 Å². The zero-order chi connectivity index (χ0) is 15.9. The van der Waals surface area contributed by atoms with Gasteiger partial charge in [0, 0.05) is 39.3 Å². The largest absolute Gasteiger partial charge is 0.366 e.